The van der Waals surface area contributed by atoms with Crippen LogP contribution in [0, 0.1) is 0 Å². The van der Waals surface area contributed by atoms with E-state index in [2.05, 4.69) is 20.8 Å². The van der Waals surface area contributed by atoms with E-state index in [9.17, 15) is 9.59 Å². The van der Waals surface area contributed by atoms with Crippen molar-refractivity contribution >= 4 is 17.5 Å². The lowest BCUT2D eigenvalue weighted by Crippen LogP contribution is -2.29. The normalized spacial score (nSPS) is 11.0. The molecular formula is C13H18N4O3. The highest BCUT2D eigenvalue weighted by molar-refractivity contribution is 6.01. The predicted molar refractivity (Wildman–Crippen MR) is 74.3 cm³/mol. The Bertz CT molecular complexity index is 474. The lowest BCUT2D eigenvalue weighted by molar-refractivity contribution is -0.120. The zero-order chi connectivity index (χ0) is 14.8. The molecule has 0 fully saturated rings. The molecular weight excluding hydrogens is 260 g/mol. The van der Waals surface area contributed by atoms with Crippen LogP contribution >= 0.6 is 0 Å². The summed E-state index contributed by atoms with van der Waals surface area (Å²) in [4.78, 5) is 27.0. The zero-order valence-corrected chi connectivity index (χ0v) is 11.5. The van der Waals surface area contributed by atoms with E-state index in [0.29, 0.717) is 24.4 Å². The van der Waals surface area contributed by atoms with E-state index < -0.39 is 0 Å². The van der Waals surface area contributed by atoms with Crippen LogP contribution in [0.15, 0.2) is 29.6 Å². The average molecular weight is 278 g/mol. The van der Waals surface area contributed by atoms with Gasteiger partial charge >= 0.3 is 0 Å². The molecule has 1 rings (SSSR count). The van der Waals surface area contributed by atoms with E-state index in [-0.39, 0.29) is 18.2 Å². The van der Waals surface area contributed by atoms with Gasteiger partial charge in [-0.2, -0.15) is 5.10 Å². The Hall–Kier alpha value is -2.28. The van der Waals surface area contributed by atoms with Gasteiger partial charge in [-0.3, -0.25) is 14.6 Å². The molecule has 7 heteroatoms. The molecule has 108 valence electrons. The number of rotatable bonds is 7. The molecule has 0 radical (unpaired) electrons. The van der Waals surface area contributed by atoms with Gasteiger partial charge in [0, 0.05) is 31.8 Å². The van der Waals surface area contributed by atoms with Gasteiger partial charge in [-0.05, 0) is 19.1 Å². The van der Waals surface area contributed by atoms with Crippen LogP contribution in [0.3, 0.4) is 0 Å². The van der Waals surface area contributed by atoms with E-state index in [0.717, 1.165) is 0 Å². The summed E-state index contributed by atoms with van der Waals surface area (Å²) in [6, 6.07) is 3.29. The first-order chi connectivity index (χ1) is 9.63. The van der Waals surface area contributed by atoms with Gasteiger partial charge in [-0.25, -0.2) is 5.43 Å². The molecule has 7 nitrogen and oxygen atoms in total. The molecule has 2 N–H and O–H groups in total. The van der Waals surface area contributed by atoms with Crippen molar-refractivity contribution in [1.82, 2.24) is 15.7 Å². The molecule has 1 aromatic rings. The lowest BCUT2D eigenvalue weighted by atomic mass is 10.3. The monoisotopic (exact) mass is 278 g/mol. The second kappa shape index (κ2) is 8.76. The maximum Gasteiger partial charge on any atom is 0.272 e. The molecule has 1 heterocycles. The first-order valence-corrected chi connectivity index (χ1v) is 6.12. The van der Waals surface area contributed by atoms with Crippen molar-refractivity contribution in [3.8, 4) is 0 Å². The van der Waals surface area contributed by atoms with Crippen molar-refractivity contribution < 1.29 is 14.3 Å². The summed E-state index contributed by atoms with van der Waals surface area (Å²) in [7, 11) is 1.56. The van der Waals surface area contributed by atoms with Gasteiger partial charge in [-0.15, -0.1) is 0 Å². The van der Waals surface area contributed by atoms with E-state index in [4.69, 9.17) is 4.74 Å². The second-order valence-electron chi connectivity index (χ2n) is 4.05. The average Bonchev–Trinajstić information content (AvgIpc) is 2.46. The molecule has 0 aliphatic rings. The zero-order valence-electron chi connectivity index (χ0n) is 11.5. The topological polar surface area (TPSA) is 92.7 Å². The second-order valence-corrected chi connectivity index (χ2v) is 4.05. The van der Waals surface area contributed by atoms with Gasteiger partial charge in [0.05, 0.1) is 18.6 Å². The van der Waals surface area contributed by atoms with Crippen molar-refractivity contribution in [3.05, 3.63) is 30.1 Å². The number of aromatic nitrogens is 1. The molecule has 0 saturated carbocycles. The van der Waals surface area contributed by atoms with Gasteiger partial charge in [0.25, 0.3) is 5.91 Å². The predicted octanol–water partition coefficient (Wildman–Crippen LogP) is 0.340. The van der Waals surface area contributed by atoms with E-state index in [1.165, 1.54) is 6.20 Å². The van der Waals surface area contributed by atoms with Gasteiger partial charge in [0.2, 0.25) is 5.91 Å². The summed E-state index contributed by atoms with van der Waals surface area (Å²) >= 11 is 0. The number of amides is 2. The standard InChI is InChI=1S/C13H18N4O3/c1-10(8-12(18)15-6-7-20-2)16-17-13(19)11-4-3-5-14-9-11/h3-5,9H,6-8H2,1-2H3,(H,15,18)(H,17,19). The minimum absolute atomic E-state index is 0.122. The largest absolute Gasteiger partial charge is 0.383 e. The molecule has 0 aliphatic carbocycles. The fourth-order valence-corrected chi connectivity index (χ4v) is 1.33. The van der Waals surface area contributed by atoms with Crippen molar-refractivity contribution in [2.24, 2.45) is 5.10 Å². The van der Waals surface area contributed by atoms with Gasteiger partial charge < -0.3 is 10.1 Å². The van der Waals surface area contributed by atoms with E-state index >= 15 is 0 Å². The van der Waals surface area contributed by atoms with Gasteiger partial charge in [0.1, 0.15) is 0 Å². The lowest BCUT2D eigenvalue weighted by Gasteiger charge is -2.04. The summed E-state index contributed by atoms with van der Waals surface area (Å²) in [5.41, 5.74) is 3.30. The van der Waals surface area contributed by atoms with Crippen LogP contribution in [0.5, 0.6) is 0 Å². The van der Waals surface area contributed by atoms with Gasteiger partial charge in [-0.1, -0.05) is 0 Å². The molecule has 0 unspecified atom stereocenters. The van der Waals surface area contributed by atoms with Crippen LogP contribution in [-0.2, 0) is 9.53 Å². The highest BCUT2D eigenvalue weighted by Gasteiger charge is 2.06. The number of hydrogen-bond donors (Lipinski definition) is 2. The highest BCUT2D eigenvalue weighted by Crippen LogP contribution is 1.95. The Kier molecular flexibility index (Phi) is 6.91. The Balaban J connectivity index is 2.38. The first-order valence-electron chi connectivity index (χ1n) is 6.12. The summed E-state index contributed by atoms with van der Waals surface area (Å²) in [6.45, 7) is 2.57. The van der Waals surface area contributed by atoms with Crippen molar-refractivity contribution in [2.75, 3.05) is 20.3 Å². The van der Waals surface area contributed by atoms with Crippen LogP contribution in [0.2, 0.25) is 0 Å². The molecule has 0 bridgehead atoms. The third-order valence-corrected chi connectivity index (χ3v) is 2.32. The van der Waals surface area contributed by atoms with Crippen LogP contribution in [0.25, 0.3) is 0 Å². The van der Waals surface area contributed by atoms with Gasteiger partial charge in [0.15, 0.2) is 0 Å². The maximum absolute atomic E-state index is 11.7. The molecule has 0 saturated heterocycles. The van der Waals surface area contributed by atoms with E-state index in [1.54, 1.807) is 32.4 Å². The third kappa shape index (κ3) is 6.05. The first kappa shape index (κ1) is 15.8. The molecule has 2 amide bonds. The number of hydrogen-bond acceptors (Lipinski definition) is 5. The smallest absolute Gasteiger partial charge is 0.272 e. The molecule has 0 aliphatic heterocycles. The molecule has 1 aromatic heterocycles. The Morgan fingerprint density at radius 1 is 1.45 bits per heavy atom. The summed E-state index contributed by atoms with van der Waals surface area (Å²) < 4.78 is 4.82. The Morgan fingerprint density at radius 3 is 2.90 bits per heavy atom. The van der Waals surface area contributed by atoms with Crippen LogP contribution < -0.4 is 10.7 Å². The number of methoxy groups -OCH3 is 1. The number of carbonyl (C=O) groups is 2. The number of carbonyl (C=O) groups excluding carboxylic acids is 2. The fraction of sp³-hybridized carbons (Fsp3) is 0.385. The molecule has 0 aromatic carbocycles. The minimum Gasteiger partial charge on any atom is -0.383 e. The third-order valence-electron chi connectivity index (χ3n) is 2.32. The number of ether oxygens (including phenoxy) is 1. The Morgan fingerprint density at radius 2 is 2.25 bits per heavy atom. The SMILES string of the molecule is COCCNC(=O)CC(C)=NNC(=O)c1cccnc1. The fourth-order valence-electron chi connectivity index (χ4n) is 1.33. The quantitative estimate of drug-likeness (QED) is 0.427. The van der Waals surface area contributed by atoms with Crippen LogP contribution in [0.4, 0.5) is 0 Å². The van der Waals surface area contributed by atoms with Crippen LogP contribution in [-0.4, -0.2) is 42.8 Å². The number of nitrogens with zero attached hydrogens (tertiary/aromatic N) is 2. The number of hydrazone groups is 1. The summed E-state index contributed by atoms with van der Waals surface area (Å²) in [5.74, 6) is -0.531. The highest BCUT2D eigenvalue weighted by atomic mass is 16.5. The molecule has 20 heavy (non-hydrogen) atoms. The molecule has 0 atom stereocenters. The maximum atomic E-state index is 11.7. The molecule has 0 spiro atoms. The minimum atomic E-state index is -0.364. The van der Waals surface area contributed by atoms with Crippen molar-refractivity contribution in [2.45, 2.75) is 13.3 Å². The van der Waals surface area contributed by atoms with Crippen molar-refractivity contribution in [1.29, 1.82) is 0 Å². The van der Waals surface area contributed by atoms with Crippen molar-refractivity contribution in [3.63, 3.8) is 0 Å². The Labute approximate surface area is 117 Å². The summed E-state index contributed by atoms with van der Waals surface area (Å²) in [5, 5.41) is 6.53. The van der Waals surface area contributed by atoms with E-state index in [1.807, 2.05) is 0 Å². The number of pyridine rings is 1. The number of nitrogens with one attached hydrogen (secondary N) is 2. The summed E-state index contributed by atoms with van der Waals surface area (Å²) in [6.07, 6.45) is 3.14. The van der Waals surface area contributed by atoms with Crippen LogP contribution in [0.1, 0.15) is 23.7 Å².